The van der Waals surface area contributed by atoms with E-state index in [0.29, 0.717) is 33.5 Å². The molecule has 2 aromatic rings. The number of Topliss-reactive ketones (excluding diaryl/α,β-unsaturated/α-hetero) is 1. The molecule has 0 spiro atoms. The molecule has 2 unspecified atom stereocenters. The monoisotopic (exact) mass is 461 g/mol. The van der Waals surface area contributed by atoms with Crippen molar-refractivity contribution in [3.63, 3.8) is 0 Å². The first-order valence-electron chi connectivity index (χ1n) is 9.90. The summed E-state index contributed by atoms with van der Waals surface area (Å²) in [5, 5.41) is 11.7. The van der Waals surface area contributed by atoms with Gasteiger partial charge in [-0.1, -0.05) is 29.3 Å². The van der Waals surface area contributed by atoms with E-state index in [2.05, 4.69) is 0 Å². The van der Waals surface area contributed by atoms with Gasteiger partial charge in [0.15, 0.2) is 0 Å². The quantitative estimate of drug-likeness (QED) is 0.399. The second kappa shape index (κ2) is 8.91. The predicted octanol–water partition coefficient (Wildman–Crippen LogP) is 4.60. The number of carbonyl (C=O) groups is 2. The molecule has 2 heterocycles. The Morgan fingerprint density at radius 1 is 1.16 bits per heavy atom. The van der Waals surface area contributed by atoms with Crippen LogP contribution >= 0.6 is 23.2 Å². The molecule has 0 aliphatic carbocycles. The average Bonchev–Trinajstić information content (AvgIpc) is 3.38. The number of aliphatic hydroxyl groups is 1. The highest BCUT2D eigenvalue weighted by atomic mass is 35.5. The minimum Gasteiger partial charge on any atom is -0.507 e. The van der Waals surface area contributed by atoms with Crippen molar-refractivity contribution in [1.82, 2.24) is 4.90 Å². The fourth-order valence-electron chi connectivity index (χ4n) is 4.01. The smallest absolute Gasteiger partial charge is 0.295 e. The zero-order chi connectivity index (χ0) is 22.1. The molecule has 2 atom stereocenters. The maximum atomic E-state index is 13.0. The Balaban J connectivity index is 1.82. The number of likely N-dealkylation sites (tertiary alicyclic amines) is 1. The summed E-state index contributed by atoms with van der Waals surface area (Å²) >= 11 is 12.3. The first kappa shape index (κ1) is 21.7. The van der Waals surface area contributed by atoms with Gasteiger partial charge in [0.05, 0.1) is 34.9 Å². The van der Waals surface area contributed by atoms with Gasteiger partial charge < -0.3 is 19.5 Å². The summed E-state index contributed by atoms with van der Waals surface area (Å²) in [4.78, 5) is 27.5. The minimum atomic E-state index is -0.805. The molecule has 6 nitrogen and oxygen atoms in total. The number of hydrogen-bond acceptors (Lipinski definition) is 5. The van der Waals surface area contributed by atoms with Crippen LogP contribution in [0.1, 0.15) is 30.0 Å². The Morgan fingerprint density at radius 3 is 2.52 bits per heavy atom. The Labute approximate surface area is 190 Å². The number of ether oxygens (including phenoxy) is 2. The number of halogens is 2. The van der Waals surface area contributed by atoms with Gasteiger partial charge in [0.2, 0.25) is 0 Å². The van der Waals surface area contributed by atoms with E-state index < -0.39 is 17.7 Å². The van der Waals surface area contributed by atoms with Gasteiger partial charge in [-0.25, -0.2) is 0 Å². The zero-order valence-corrected chi connectivity index (χ0v) is 18.3. The second-order valence-electron chi connectivity index (χ2n) is 7.49. The molecule has 2 aromatic carbocycles. The van der Waals surface area contributed by atoms with Gasteiger partial charge in [0.1, 0.15) is 11.5 Å². The number of methoxy groups -OCH3 is 1. The lowest BCUT2D eigenvalue weighted by atomic mass is 9.95. The van der Waals surface area contributed by atoms with Crippen LogP contribution in [0.15, 0.2) is 48.0 Å². The molecule has 31 heavy (non-hydrogen) atoms. The number of amides is 1. The Kier molecular flexibility index (Phi) is 6.23. The van der Waals surface area contributed by atoms with Gasteiger partial charge in [-0.05, 0) is 54.8 Å². The molecule has 0 bridgehead atoms. The summed E-state index contributed by atoms with van der Waals surface area (Å²) < 4.78 is 10.8. The van der Waals surface area contributed by atoms with E-state index in [1.165, 1.54) is 12.0 Å². The Hall–Kier alpha value is -2.54. The van der Waals surface area contributed by atoms with Gasteiger partial charge >= 0.3 is 0 Å². The topological polar surface area (TPSA) is 76.1 Å². The SMILES string of the molecule is COc1ccc(C(O)=C2C(=O)C(=O)N(CC3CCCO3)C2c2ccc(Cl)c(Cl)c2)cc1. The Morgan fingerprint density at radius 2 is 1.90 bits per heavy atom. The van der Waals surface area contributed by atoms with Crippen molar-refractivity contribution in [2.75, 3.05) is 20.3 Å². The number of benzene rings is 2. The van der Waals surface area contributed by atoms with Gasteiger partial charge in [0.25, 0.3) is 11.7 Å². The van der Waals surface area contributed by atoms with E-state index in [1.807, 2.05) is 0 Å². The molecule has 1 amide bonds. The van der Waals surface area contributed by atoms with Crippen LogP contribution in [0.5, 0.6) is 5.75 Å². The predicted molar refractivity (Wildman–Crippen MR) is 117 cm³/mol. The largest absolute Gasteiger partial charge is 0.507 e. The van der Waals surface area contributed by atoms with Gasteiger partial charge in [-0.15, -0.1) is 0 Å². The van der Waals surface area contributed by atoms with Crippen LogP contribution in [0.4, 0.5) is 0 Å². The van der Waals surface area contributed by atoms with E-state index in [1.54, 1.807) is 42.5 Å². The van der Waals surface area contributed by atoms with Gasteiger partial charge in [-0.2, -0.15) is 0 Å². The number of nitrogens with zero attached hydrogens (tertiary/aromatic N) is 1. The molecule has 2 aliphatic rings. The fraction of sp³-hybridized carbons (Fsp3) is 0.304. The first-order chi connectivity index (χ1) is 14.9. The second-order valence-corrected chi connectivity index (χ2v) is 8.30. The summed E-state index contributed by atoms with van der Waals surface area (Å²) in [5.41, 5.74) is 0.995. The highest BCUT2D eigenvalue weighted by Gasteiger charge is 2.47. The standard InChI is InChI=1S/C23H21Cl2NO5/c1-30-15-7-4-13(5-8-15)21(27)19-20(14-6-9-17(24)18(25)11-14)26(23(29)22(19)28)12-16-3-2-10-31-16/h4-9,11,16,20,27H,2-3,10,12H2,1H3. The molecular formula is C23H21Cl2NO5. The maximum absolute atomic E-state index is 13.0. The lowest BCUT2D eigenvalue weighted by Crippen LogP contribution is -2.36. The summed E-state index contributed by atoms with van der Waals surface area (Å²) in [5.74, 6) is -1.08. The lowest BCUT2D eigenvalue weighted by Gasteiger charge is -2.27. The zero-order valence-electron chi connectivity index (χ0n) is 16.8. The van der Waals surface area contributed by atoms with Crippen molar-refractivity contribution in [1.29, 1.82) is 0 Å². The molecule has 8 heteroatoms. The van der Waals surface area contributed by atoms with Crippen LogP contribution in [0.2, 0.25) is 10.0 Å². The third-order valence-corrected chi connectivity index (χ3v) is 6.33. The molecule has 2 aliphatic heterocycles. The molecule has 0 aromatic heterocycles. The molecular weight excluding hydrogens is 441 g/mol. The highest BCUT2D eigenvalue weighted by Crippen LogP contribution is 2.41. The molecule has 0 radical (unpaired) electrons. The number of hydrogen-bond donors (Lipinski definition) is 1. The molecule has 162 valence electrons. The van der Waals surface area contributed by atoms with Crippen molar-refractivity contribution in [3.05, 3.63) is 69.2 Å². The van der Waals surface area contributed by atoms with Crippen molar-refractivity contribution < 1.29 is 24.2 Å². The minimum absolute atomic E-state index is 0.00607. The summed E-state index contributed by atoms with van der Waals surface area (Å²) in [6, 6.07) is 10.7. The molecule has 4 rings (SSSR count). The van der Waals surface area contributed by atoms with Crippen LogP contribution < -0.4 is 4.74 Å². The number of ketones is 1. The van der Waals surface area contributed by atoms with Gasteiger partial charge in [-0.3, -0.25) is 9.59 Å². The van der Waals surface area contributed by atoms with Crippen LogP contribution in [-0.2, 0) is 14.3 Å². The highest BCUT2D eigenvalue weighted by molar-refractivity contribution is 6.46. The van der Waals surface area contributed by atoms with Crippen LogP contribution in [0.3, 0.4) is 0 Å². The van der Waals surface area contributed by atoms with Crippen molar-refractivity contribution in [2.24, 2.45) is 0 Å². The normalized spacial score (nSPS) is 22.9. The average molecular weight is 462 g/mol. The third kappa shape index (κ3) is 4.15. The summed E-state index contributed by atoms with van der Waals surface area (Å²) in [6.07, 6.45) is 1.54. The van der Waals surface area contributed by atoms with Crippen molar-refractivity contribution in [2.45, 2.75) is 25.0 Å². The van der Waals surface area contributed by atoms with Crippen LogP contribution in [0.25, 0.3) is 5.76 Å². The summed E-state index contributed by atoms with van der Waals surface area (Å²) in [6.45, 7) is 0.868. The van der Waals surface area contributed by atoms with Crippen LogP contribution in [0, 0.1) is 0 Å². The summed E-state index contributed by atoms with van der Waals surface area (Å²) in [7, 11) is 1.54. The van der Waals surface area contributed by atoms with E-state index >= 15 is 0 Å². The fourth-order valence-corrected chi connectivity index (χ4v) is 4.32. The van der Waals surface area contributed by atoms with E-state index in [0.717, 1.165) is 12.8 Å². The lowest BCUT2D eigenvalue weighted by molar-refractivity contribution is -0.140. The molecule has 0 saturated carbocycles. The van der Waals surface area contributed by atoms with Crippen molar-refractivity contribution >= 4 is 40.7 Å². The van der Waals surface area contributed by atoms with E-state index in [4.69, 9.17) is 32.7 Å². The number of carbonyl (C=O) groups excluding carboxylic acids is 2. The molecule has 1 N–H and O–H groups in total. The third-order valence-electron chi connectivity index (χ3n) is 5.59. The molecule has 2 saturated heterocycles. The van der Waals surface area contributed by atoms with E-state index in [-0.39, 0.29) is 24.0 Å². The first-order valence-corrected chi connectivity index (χ1v) is 10.7. The number of aliphatic hydroxyl groups excluding tert-OH is 1. The van der Waals surface area contributed by atoms with Crippen molar-refractivity contribution in [3.8, 4) is 5.75 Å². The maximum Gasteiger partial charge on any atom is 0.295 e. The van der Waals surface area contributed by atoms with Gasteiger partial charge in [0, 0.05) is 18.7 Å². The number of rotatable bonds is 5. The van der Waals surface area contributed by atoms with Crippen LogP contribution in [-0.4, -0.2) is 48.1 Å². The Bertz CT molecular complexity index is 1040. The molecule has 2 fully saturated rings. The van der Waals surface area contributed by atoms with E-state index in [9.17, 15) is 14.7 Å².